The van der Waals surface area contributed by atoms with Crippen LogP contribution in [0.1, 0.15) is 17.0 Å². The first-order valence-electron chi connectivity index (χ1n) is 12.1. The summed E-state index contributed by atoms with van der Waals surface area (Å²) in [6.07, 6.45) is 1.42. The fraction of sp³-hybridized carbons (Fsp3) is 0.138. The SMILES string of the molecule is COc1ccc(-c2nn(Cc3nc4cccc(C)c4c(=O)n3-c3ccccc3C)c3ncnc(N)c23)cc1. The first kappa shape index (κ1) is 23.4. The molecule has 3 aromatic heterocycles. The number of para-hydroxylation sites is 1. The van der Waals surface area contributed by atoms with Crippen LogP contribution < -0.4 is 16.0 Å². The number of methoxy groups -OCH3 is 1. The number of fused-ring (bicyclic) bond motifs is 2. The van der Waals surface area contributed by atoms with E-state index in [9.17, 15) is 4.79 Å². The Balaban J connectivity index is 1.60. The van der Waals surface area contributed by atoms with Gasteiger partial charge in [0.1, 0.15) is 36.0 Å². The van der Waals surface area contributed by atoms with E-state index in [1.807, 2.05) is 80.6 Å². The second-order valence-corrected chi connectivity index (χ2v) is 9.12. The van der Waals surface area contributed by atoms with Gasteiger partial charge in [-0.2, -0.15) is 5.10 Å². The van der Waals surface area contributed by atoms with E-state index in [2.05, 4.69) is 9.97 Å². The minimum atomic E-state index is -0.127. The lowest BCUT2D eigenvalue weighted by Crippen LogP contribution is -2.26. The van der Waals surface area contributed by atoms with Crippen molar-refractivity contribution in [2.45, 2.75) is 20.4 Å². The molecule has 0 saturated carbocycles. The van der Waals surface area contributed by atoms with Gasteiger partial charge in [-0.05, 0) is 61.4 Å². The number of hydrogen-bond acceptors (Lipinski definition) is 7. The maximum absolute atomic E-state index is 14.0. The van der Waals surface area contributed by atoms with E-state index in [4.69, 9.17) is 20.6 Å². The summed E-state index contributed by atoms with van der Waals surface area (Å²) in [7, 11) is 1.62. The molecule has 3 heterocycles. The highest BCUT2D eigenvalue weighted by molar-refractivity contribution is 5.98. The molecular weight excluding hydrogens is 478 g/mol. The number of nitrogen functional groups attached to an aromatic ring is 1. The van der Waals surface area contributed by atoms with E-state index in [1.165, 1.54) is 6.33 Å². The summed E-state index contributed by atoms with van der Waals surface area (Å²) >= 11 is 0. The number of ether oxygens (including phenoxy) is 1. The molecule has 188 valence electrons. The van der Waals surface area contributed by atoms with Gasteiger partial charge in [-0.1, -0.05) is 30.3 Å². The van der Waals surface area contributed by atoms with Crippen molar-refractivity contribution in [1.29, 1.82) is 0 Å². The Morgan fingerprint density at radius 3 is 2.42 bits per heavy atom. The Kier molecular flexibility index (Phi) is 5.60. The second-order valence-electron chi connectivity index (χ2n) is 9.12. The minimum Gasteiger partial charge on any atom is -0.497 e. The Morgan fingerprint density at radius 1 is 0.895 bits per heavy atom. The van der Waals surface area contributed by atoms with Crippen molar-refractivity contribution in [1.82, 2.24) is 29.3 Å². The fourth-order valence-electron chi connectivity index (χ4n) is 4.84. The van der Waals surface area contributed by atoms with Gasteiger partial charge in [0.2, 0.25) is 0 Å². The lowest BCUT2D eigenvalue weighted by atomic mass is 10.1. The molecule has 38 heavy (non-hydrogen) atoms. The Hall–Kier alpha value is -5.05. The molecule has 9 heteroatoms. The molecule has 6 rings (SSSR count). The summed E-state index contributed by atoms with van der Waals surface area (Å²) in [6, 6.07) is 21.0. The van der Waals surface area contributed by atoms with Gasteiger partial charge in [-0.15, -0.1) is 0 Å². The zero-order valence-electron chi connectivity index (χ0n) is 21.2. The smallest absolute Gasteiger partial charge is 0.266 e. The molecule has 3 aromatic carbocycles. The third-order valence-corrected chi connectivity index (χ3v) is 6.74. The third-order valence-electron chi connectivity index (χ3n) is 6.74. The number of rotatable bonds is 5. The van der Waals surface area contributed by atoms with Crippen LogP contribution in [0.5, 0.6) is 5.75 Å². The van der Waals surface area contributed by atoms with E-state index in [0.717, 1.165) is 28.1 Å². The van der Waals surface area contributed by atoms with Crippen LogP contribution in [0.3, 0.4) is 0 Å². The summed E-state index contributed by atoms with van der Waals surface area (Å²) in [6.45, 7) is 4.10. The minimum absolute atomic E-state index is 0.127. The fourth-order valence-corrected chi connectivity index (χ4v) is 4.84. The molecule has 0 aliphatic heterocycles. The highest BCUT2D eigenvalue weighted by Crippen LogP contribution is 2.31. The van der Waals surface area contributed by atoms with Crippen molar-refractivity contribution < 1.29 is 4.74 Å². The number of hydrogen-bond donors (Lipinski definition) is 1. The third kappa shape index (κ3) is 3.76. The molecule has 0 saturated heterocycles. The number of anilines is 1. The van der Waals surface area contributed by atoms with Crippen molar-refractivity contribution >= 4 is 27.8 Å². The monoisotopic (exact) mass is 503 g/mol. The Morgan fingerprint density at radius 2 is 1.66 bits per heavy atom. The molecule has 0 radical (unpaired) electrons. The molecule has 0 aliphatic carbocycles. The largest absolute Gasteiger partial charge is 0.497 e. The van der Waals surface area contributed by atoms with Gasteiger partial charge in [-0.25, -0.2) is 19.6 Å². The van der Waals surface area contributed by atoms with Gasteiger partial charge in [0, 0.05) is 5.56 Å². The highest BCUT2D eigenvalue weighted by atomic mass is 16.5. The van der Waals surface area contributed by atoms with Crippen molar-refractivity contribution in [2.24, 2.45) is 0 Å². The van der Waals surface area contributed by atoms with Crippen molar-refractivity contribution in [2.75, 3.05) is 12.8 Å². The molecule has 2 N–H and O–H groups in total. The standard InChI is InChI=1S/C29H25N7O2/c1-17-7-4-5-10-22(17)36-23(33-21-9-6-8-18(2)24(21)29(36)37)15-35-28-25(27(30)31-16-32-28)26(34-35)19-11-13-20(38-3)14-12-19/h4-14,16H,15H2,1-3H3,(H2,30,31,32). The molecule has 0 bridgehead atoms. The maximum Gasteiger partial charge on any atom is 0.266 e. The second kappa shape index (κ2) is 9.11. The predicted octanol–water partition coefficient (Wildman–Crippen LogP) is 4.45. The molecule has 6 aromatic rings. The van der Waals surface area contributed by atoms with Crippen LogP contribution >= 0.6 is 0 Å². The van der Waals surface area contributed by atoms with E-state index >= 15 is 0 Å². The summed E-state index contributed by atoms with van der Waals surface area (Å²) in [5, 5.41) is 6.12. The Labute approximate surface area is 218 Å². The van der Waals surface area contributed by atoms with Crippen molar-refractivity contribution in [3.05, 3.63) is 100 Å². The lowest BCUT2D eigenvalue weighted by molar-refractivity contribution is 0.415. The van der Waals surface area contributed by atoms with Gasteiger partial charge in [-0.3, -0.25) is 9.36 Å². The van der Waals surface area contributed by atoms with Crippen LogP contribution in [0.25, 0.3) is 38.9 Å². The van der Waals surface area contributed by atoms with Crippen LogP contribution in [0.4, 0.5) is 5.82 Å². The van der Waals surface area contributed by atoms with Crippen LogP contribution in [0.15, 0.2) is 77.9 Å². The van der Waals surface area contributed by atoms with Gasteiger partial charge in [0.15, 0.2) is 5.65 Å². The summed E-state index contributed by atoms with van der Waals surface area (Å²) in [5.74, 6) is 1.59. The number of benzene rings is 3. The van der Waals surface area contributed by atoms with Gasteiger partial charge in [0.05, 0.1) is 29.1 Å². The molecule has 0 fully saturated rings. The zero-order valence-corrected chi connectivity index (χ0v) is 21.2. The highest BCUT2D eigenvalue weighted by Gasteiger charge is 2.21. The van der Waals surface area contributed by atoms with E-state index in [0.29, 0.717) is 39.3 Å². The zero-order chi connectivity index (χ0) is 26.4. The topological polar surface area (TPSA) is 114 Å². The summed E-state index contributed by atoms with van der Waals surface area (Å²) in [5.41, 5.74) is 11.5. The van der Waals surface area contributed by atoms with Crippen molar-refractivity contribution in [3.8, 4) is 22.7 Å². The normalized spacial score (nSPS) is 11.3. The number of aromatic nitrogens is 6. The van der Waals surface area contributed by atoms with Gasteiger partial charge in [0.25, 0.3) is 5.56 Å². The molecule has 0 atom stereocenters. The number of nitrogens with two attached hydrogens (primary N) is 1. The summed E-state index contributed by atoms with van der Waals surface area (Å²) in [4.78, 5) is 27.6. The molecule has 0 aliphatic rings. The lowest BCUT2D eigenvalue weighted by Gasteiger charge is -2.16. The summed E-state index contributed by atoms with van der Waals surface area (Å²) < 4.78 is 8.71. The van der Waals surface area contributed by atoms with Gasteiger partial charge >= 0.3 is 0 Å². The molecular formula is C29H25N7O2. The van der Waals surface area contributed by atoms with E-state index < -0.39 is 0 Å². The molecule has 0 unspecified atom stereocenters. The van der Waals surface area contributed by atoms with E-state index in [1.54, 1.807) is 16.4 Å². The average molecular weight is 504 g/mol. The first-order valence-corrected chi connectivity index (χ1v) is 12.1. The molecule has 9 nitrogen and oxygen atoms in total. The van der Waals surface area contributed by atoms with Crippen LogP contribution in [-0.2, 0) is 6.54 Å². The first-order chi connectivity index (χ1) is 18.5. The van der Waals surface area contributed by atoms with Crippen LogP contribution in [0.2, 0.25) is 0 Å². The van der Waals surface area contributed by atoms with E-state index in [-0.39, 0.29) is 12.1 Å². The van der Waals surface area contributed by atoms with Crippen LogP contribution in [0, 0.1) is 13.8 Å². The quantitative estimate of drug-likeness (QED) is 0.370. The van der Waals surface area contributed by atoms with Crippen molar-refractivity contribution in [3.63, 3.8) is 0 Å². The predicted molar refractivity (Wildman–Crippen MR) is 148 cm³/mol. The van der Waals surface area contributed by atoms with Crippen LogP contribution in [-0.4, -0.2) is 36.4 Å². The maximum atomic E-state index is 14.0. The number of nitrogens with zero attached hydrogens (tertiary/aromatic N) is 6. The molecule has 0 amide bonds. The van der Waals surface area contributed by atoms with Gasteiger partial charge < -0.3 is 10.5 Å². The number of aryl methyl sites for hydroxylation is 2. The average Bonchev–Trinajstić information content (AvgIpc) is 3.29. The Bertz CT molecular complexity index is 1890. The molecule has 0 spiro atoms.